The fourth-order valence-corrected chi connectivity index (χ4v) is 2.08. The molecule has 2 nitrogen and oxygen atoms in total. The van der Waals surface area contributed by atoms with Crippen LogP contribution in [0.4, 0.5) is 13.2 Å². The van der Waals surface area contributed by atoms with E-state index < -0.39 is 11.9 Å². The minimum Gasteiger partial charge on any atom is -0.240 e. The summed E-state index contributed by atoms with van der Waals surface area (Å²) in [5.41, 5.74) is 1.62. The molecule has 0 saturated heterocycles. The topological polar surface area (TPSA) is 17.8 Å². The van der Waals surface area contributed by atoms with Crippen LogP contribution >= 0.6 is 0 Å². The highest BCUT2D eigenvalue weighted by Crippen LogP contribution is 2.28. The molecular formula is C16H11F3N2. The van der Waals surface area contributed by atoms with E-state index in [-0.39, 0.29) is 0 Å². The summed E-state index contributed by atoms with van der Waals surface area (Å²) >= 11 is 0. The number of hydrogen-bond acceptors (Lipinski definition) is 1. The number of nitrogens with zero attached hydrogens (tertiary/aromatic N) is 2. The number of benzene rings is 2. The van der Waals surface area contributed by atoms with E-state index in [2.05, 4.69) is 5.10 Å². The van der Waals surface area contributed by atoms with Crippen molar-refractivity contribution < 1.29 is 13.2 Å². The van der Waals surface area contributed by atoms with Crippen LogP contribution in [-0.4, -0.2) is 9.78 Å². The highest BCUT2D eigenvalue weighted by molar-refractivity contribution is 5.65. The smallest absolute Gasteiger partial charge is 0.240 e. The first-order valence-corrected chi connectivity index (χ1v) is 6.33. The van der Waals surface area contributed by atoms with Gasteiger partial charge in [-0.15, -0.1) is 0 Å². The number of aromatic nitrogens is 2. The maximum atomic E-state index is 12.6. The largest absolute Gasteiger partial charge is 0.435 e. The van der Waals surface area contributed by atoms with Gasteiger partial charge in [-0.2, -0.15) is 18.3 Å². The molecule has 0 N–H and O–H groups in total. The molecule has 0 amide bonds. The number of hydrogen-bond donors (Lipinski definition) is 0. The van der Waals surface area contributed by atoms with Crippen molar-refractivity contribution in [3.8, 4) is 16.8 Å². The lowest BCUT2D eigenvalue weighted by Gasteiger charge is -2.06. The standard InChI is InChI=1S/C16H11F3N2/c17-16(18,19)15-9-10-21(20-15)14-8-4-7-13(11-14)12-5-2-1-3-6-12/h1-11H. The van der Waals surface area contributed by atoms with Gasteiger partial charge in [-0.3, -0.25) is 0 Å². The fraction of sp³-hybridized carbons (Fsp3) is 0.0625. The molecule has 0 aliphatic heterocycles. The zero-order chi connectivity index (χ0) is 14.9. The van der Waals surface area contributed by atoms with E-state index in [0.29, 0.717) is 5.69 Å². The summed E-state index contributed by atoms with van der Waals surface area (Å²) in [6, 6.07) is 17.8. The molecule has 0 unspecified atom stereocenters. The van der Waals surface area contributed by atoms with Gasteiger partial charge in [0.2, 0.25) is 0 Å². The summed E-state index contributed by atoms with van der Waals surface area (Å²) in [5.74, 6) is 0. The van der Waals surface area contributed by atoms with Crippen LogP contribution in [-0.2, 0) is 6.18 Å². The lowest BCUT2D eigenvalue weighted by Crippen LogP contribution is -2.07. The van der Waals surface area contributed by atoms with Crippen LogP contribution in [0.3, 0.4) is 0 Å². The van der Waals surface area contributed by atoms with Gasteiger partial charge in [0.25, 0.3) is 0 Å². The molecule has 3 aromatic rings. The third kappa shape index (κ3) is 2.81. The molecular weight excluding hydrogens is 277 g/mol. The Morgan fingerprint density at radius 1 is 0.810 bits per heavy atom. The summed E-state index contributed by atoms with van der Waals surface area (Å²) in [6.45, 7) is 0. The summed E-state index contributed by atoms with van der Waals surface area (Å²) in [6.07, 6.45) is -3.12. The van der Waals surface area contributed by atoms with E-state index in [9.17, 15) is 13.2 Å². The van der Waals surface area contributed by atoms with Crippen molar-refractivity contribution in [2.24, 2.45) is 0 Å². The second kappa shape index (κ2) is 5.09. The summed E-state index contributed by atoms with van der Waals surface area (Å²) < 4.78 is 39.0. The third-order valence-corrected chi connectivity index (χ3v) is 3.10. The Kier molecular flexibility index (Phi) is 3.25. The van der Waals surface area contributed by atoms with Crippen LogP contribution in [0.25, 0.3) is 16.8 Å². The summed E-state index contributed by atoms with van der Waals surface area (Å²) in [4.78, 5) is 0. The Morgan fingerprint density at radius 3 is 2.19 bits per heavy atom. The van der Waals surface area contributed by atoms with Gasteiger partial charge in [0.1, 0.15) is 0 Å². The van der Waals surface area contributed by atoms with Crippen LogP contribution < -0.4 is 0 Å². The minimum atomic E-state index is -4.43. The normalized spacial score (nSPS) is 11.6. The van der Waals surface area contributed by atoms with Gasteiger partial charge < -0.3 is 0 Å². The molecule has 0 radical (unpaired) electrons. The molecule has 2 aromatic carbocycles. The van der Waals surface area contributed by atoms with Gasteiger partial charge in [0, 0.05) is 6.20 Å². The average molecular weight is 288 g/mol. The van der Waals surface area contributed by atoms with E-state index in [1.54, 1.807) is 12.1 Å². The molecule has 21 heavy (non-hydrogen) atoms. The van der Waals surface area contributed by atoms with Gasteiger partial charge in [-0.05, 0) is 29.3 Å². The van der Waals surface area contributed by atoms with Crippen molar-refractivity contribution in [1.82, 2.24) is 9.78 Å². The molecule has 0 saturated carbocycles. The lowest BCUT2D eigenvalue weighted by molar-refractivity contribution is -0.141. The van der Waals surface area contributed by atoms with E-state index in [1.807, 2.05) is 42.5 Å². The van der Waals surface area contributed by atoms with Crippen molar-refractivity contribution in [3.63, 3.8) is 0 Å². The molecule has 0 spiro atoms. The monoisotopic (exact) mass is 288 g/mol. The van der Waals surface area contributed by atoms with Gasteiger partial charge in [0.05, 0.1) is 5.69 Å². The van der Waals surface area contributed by atoms with Crippen LogP contribution in [0.5, 0.6) is 0 Å². The van der Waals surface area contributed by atoms with E-state index in [1.165, 1.54) is 10.9 Å². The minimum absolute atomic E-state index is 0.590. The summed E-state index contributed by atoms with van der Waals surface area (Å²) in [5, 5.41) is 3.58. The SMILES string of the molecule is FC(F)(F)c1ccn(-c2cccc(-c3ccccc3)c2)n1. The molecule has 0 fully saturated rings. The van der Waals surface area contributed by atoms with Crippen molar-refractivity contribution in [2.45, 2.75) is 6.18 Å². The zero-order valence-corrected chi connectivity index (χ0v) is 10.9. The Morgan fingerprint density at radius 2 is 1.52 bits per heavy atom. The van der Waals surface area contributed by atoms with Crippen LogP contribution in [0.2, 0.25) is 0 Å². The number of halogens is 3. The highest BCUT2D eigenvalue weighted by Gasteiger charge is 2.33. The molecule has 1 aromatic heterocycles. The van der Waals surface area contributed by atoms with Crippen LogP contribution in [0.1, 0.15) is 5.69 Å². The van der Waals surface area contributed by atoms with Gasteiger partial charge in [0.15, 0.2) is 5.69 Å². The molecule has 0 atom stereocenters. The van der Waals surface area contributed by atoms with Gasteiger partial charge in [-0.25, -0.2) is 4.68 Å². The first-order valence-electron chi connectivity index (χ1n) is 6.33. The summed E-state index contributed by atoms with van der Waals surface area (Å²) in [7, 11) is 0. The Hall–Kier alpha value is -2.56. The second-order valence-electron chi connectivity index (χ2n) is 4.56. The van der Waals surface area contributed by atoms with E-state index >= 15 is 0 Å². The van der Waals surface area contributed by atoms with Crippen LogP contribution in [0.15, 0.2) is 66.9 Å². The van der Waals surface area contributed by atoms with E-state index in [4.69, 9.17) is 0 Å². The maximum Gasteiger partial charge on any atom is 0.435 e. The molecule has 0 bridgehead atoms. The molecule has 5 heteroatoms. The van der Waals surface area contributed by atoms with Crippen molar-refractivity contribution in [2.75, 3.05) is 0 Å². The fourth-order valence-electron chi connectivity index (χ4n) is 2.08. The Bertz CT molecular complexity index is 745. The van der Waals surface area contributed by atoms with E-state index in [0.717, 1.165) is 17.2 Å². The molecule has 3 rings (SSSR count). The first kappa shape index (κ1) is 13.4. The van der Waals surface area contributed by atoms with Crippen molar-refractivity contribution in [1.29, 1.82) is 0 Å². The molecule has 0 aliphatic rings. The molecule has 106 valence electrons. The maximum absolute atomic E-state index is 12.6. The third-order valence-electron chi connectivity index (χ3n) is 3.10. The van der Waals surface area contributed by atoms with Crippen molar-refractivity contribution in [3.05, 3.63) is 72.6 Å². The number of alkyl halides is 3. The predicted octanol–water partition coefficient (Wildman–Crippen LogP) is 4.56. The van der Waals surface area contributed by atoms with Crippen molar-refractivity contribution >= 4 is 0 Å². The average Bonchev–Trinajstić information content (AvgIpc) is 2.98. The van der Waals surface area contributed by atoms with Crippen LogP contribution in [0, 0.1) is 0 Å². The molecule has 0 aliphatic carbocycles. The predicted molar refractivity (Wildman–Crippen MR) is 74.0 cm³/mol. The quantitative estimate of drug-likeness (QED) is 0.676. The van der Waals surface area contributed by atoms with Gasteiger partial charge >= 0.3 is 6.18 Å². The zero-order valence-electron chi connectivity index (χ0n) is 10.9. The first-order chi connectivity index (χ1) is 10.0. The Labute approximate surface area is 119 Å². The highest BCUT2D eigenvalue weighted by atomic mass is 19.4. The lowest BCUT2D eigenvalue weighted by atomic mass is 10.1. The molecule has 1 heterocycles. The second-order valence-corrected chi connectivity index (χ2v) is 4.56. The Balaban J connectivity index is 1.99. The number of rotatable bonds is 2. The van der Waals surface area contributed by atoms with Gasteiger partial charge in [-0.1, -0.05) is 42.5 Å².